The van der Waals surface area contributed by atoms with Gasteiger partial charge in [0.25, 0.3) is 11.8 Å². The highest BCUT2D eigenvalue weighted by molar-refractivity contribution is 9.10. The Labute approximate surface area is 164 Å². The maximum absolute atomic E-state index is 12.7. The number of rotatable bonds is 2. The molecule has 0 spiro atoms. The van der Waals surface area contributed by atoms with Gasteiger partial charge in [0.05, 0.1) is 11.3 Å². The Balaban J connectivity index is 1.66. The lowest BCUT2D eigenvalue weighted by molar-refractivity contribution is 0.0991. The number of nitrogens with one attached hydrogen (secondary N) is 1. The van der Waals surface area contributed by atoms with Gasteiger partial charge in [-0.15, -0.1) is 0 Å². The van der Waals surface area contributed by atoms with E-state index in [9.17, 15) is 9.59 Å². The van der Waals surface area contributed by atoms with Crippen molar-refractivity contribution in [3.63, 3.8) is 0 Å². The number of carbonyl (C=O) groups is 2. The van der Waals surface area contributed by atoms with Gasteiger partial charge < -0.3 is 15.0 Å². The molecule has 0 saturated carbocycles. The van der Waals surface area contributed by atoms with Crippen molar-refractivity contribution in [3.8, 4) is 11.5 Å². The zero-order chi connectivity index (χ0) is 19.0. The van der Waals surface area contributed by atoms with Gasteiger partial charge in [0.2, 0.25) is 0 Å². The van der Waals surface area contributed by atoms with E-state index in [2.05, 4.69) is 21.2 Å². The number of hydrogen-bond acceptors (Lipinski definition) is 3. The third-order valence-corrected chi connectivity index (χ3v) is 4.80. The van der Waals surface area contributed by atoms with E-state index in [1.165, 1.54) is 4.90 Å². The number of anilines is 2. The lowest BCUT2D eigenvalue weighted by Gasteiger charge is -2.17. The molecule has 5 nitrogen and oxygen atoms in total. The van der Waals surface area contributed by atoms with Crippen LogP contribution in [0.3, 0.4) is 0 Å². The SMILES string of the molecule is CN1C(=O)c2ccccc2Oc2ccc(NC(=O)c3cccc(Br)c3)cc21. The summed E-state index contributed by atoms with van der Waals surface area (Å²) in [6, 6.07) is 19.5. The van der Waals surface area contributed by atoms with Gasteiger partial charge in [0.15, 0.2) is 5.75 Å². The fourth-order valence-electron chi connectivity index (χ4n) is 2.92. The normalized spacial score (nSPS) is 12.5. The van der Waals surface area contributed by atoms with Crippen molar-refractivity contribution in [1.29, 1.82) is 0 Å². The van der Waals surface area contributed by atoms with Crippen LogP contribution in [0, 0.1) is 0 Å². The topological polar surface area (TPSA) is 58.6 Å². The molecule has 0 unspecified atom stereocenters. The Morgan fingerprint density at radius 2 is 1.81 bits per heavy atom. The zero-order valence-corrected chi connectivity index (χ0v) is 16.0. The van der Waals surface area contributed by atoms with Gasteiger partial charge in [0, 0.05) is 22.8 Å². The highest BCUT2D eigenvalue weighted by Crippen LogP contribution is 2.39. The maximum Gasteiger partial charge on any atom is 0.261 e. The number of hydrogen-bond donors (Lipinski definition) is 1. The standard InChI is InChI=1S/C21H15BrN2O3/c1-24-17-12-15(23-20(25)13-5-4-6-14(22)11-13)9-10-19(17)27-18-8-3-2-7-16(18)21(24)26/h2-12H,1H3,(H,23,25). The van der Waals surface area contributed by atoms with Crippen molar-refractivity contribution in [2.75, 3.05) is 17.3 Å². The van der Waals surface area contributed by atoms with Crippen LogP contribution in [0.2, 0.25) is 0 Å². The Morgan fingerprint density at radius 1 is 1.00 bits per heavy atom. The molecule has 2 amide bonds. The summed E-state index contributed by atoms with van der Waals surface area (Å²) in [6.45, 7) is 0. The van der Waals surface area contributed by atoms with Gasteiger partial charge in [-0.1, -0.05) is 34.1 Å². The number of halogens is 1. The van der Waals surface area contributed by atoms with Crippen molar-refractivity contribution >= 4 is 39.1 Å². The van der Waals surface area contributed by atoms with E-state index in [4.69, 9.17) is 4.74 Å². The van der Waals surface area contributed by atoms with E-state index >= 15 is 0 Å². The molecule has 0 aromatic heterocycles. The highest BCUT2D eigenvalue weighted by atomic mass is 79.9. The first-order valence-electron chi connectivity index (χ1n) is 8.29. The average Bonchev–Trinajstić information content (AvgIpc) is 2.78. The van der Waals surface area contributed by atoms with Crippen molar-refractivity contribution in [3.05, 3.63) is 82.3 Å². The zero-order valence-electron chi connectivity index (χ0n) is 14.4. The van der Waals surface area contributed by atoms with Crippen molar-refractivity contribution in [2.45, 2.75) is 0 Å². The minimum Gasteiger partial charge on any atom is -0.454 e. The van der Waals surface area contributed by atoms with Crippen LogP contribution in [-0.2, 0) is 0 Å². The largest absolute Gasteiger partial charge is 0.454 e. The monoisotopic (exact) mass is 422 g/mol. The number of amides is 2. The fourth-order valence-corrected chi connectivity index (χ4v) is 3.32. The van der Waals surface area contributed by atoms with E-state index < -0.39 is 0 Å². The lowest BCUT2D eigenvalue weighted by atomic mass is 10.1. The molecule has 1 aliphatic heterocycles. The average molecular weight is 423 g/mol. The van der Waals surface area contributed by atoms with Gasteiger partial charge >= 0.3 is 0 Å². The quantitative estimate of drug-likeness (QED) is 0.625. The van der Waals surface area contributed by atoms with Gasteiger partial charge in [0.1, 0.15) is 5.75 Å². The molecule has 27 heavy (non-hydrogen) atoms. The van der Waals surface area contributed by atoms with Crippen LogP contribution in [-0.4, -0.2) is 18.9 Å². The summed E-state index contributed by atoms with van der Waals surface area (Å²) in [5.41, 5.74) is 2.19. The molecule has 134 valence electrons. The van der Waals surface area contributed by atoms with Crippen LogP contribution < -0.4 is 15.0 Å². The Hall–Kier alpha value is -3.12. The molecule has 4 rings (SSSR count). The van der Waals surface area contributed by atoms with Crippen LogP contribution >= 0.6 is 15.9 Å². The van der Waals surface area contributed by atoms with Crippen LogP contribution in [0.1, 0.15) is 20.7 Å². The van der Waals surface area contributed by atoms with Crippen LogP contribution in [0.25, 0.3) is 0 Å². The number of para-hydroxylation sites is 1. The predicted molar refractivity (Wildman–Crippen MR) is 108 cm³/mol. The Bertz CT molecular complexity index is 1060. The Kier molecular flexibility index (Phi) is 4.41. The third-order valence-electron chi connectivity index (χ3n) is 4.31. The number of fused-ring (bicyclic) bond motifs is 2. The summed E-state index contributed by atoms with van der Waals surface area (Å²) >= 11 is 3.36. The number of ether oxygens (including phenoxy) is 1. The minimum atomic E-state index is -0.233. The number of benzene rings is 3. The van der Waals surface area contributed by atoms with E-state index in [0.29, 0.717) is 34.0 Å². The molecule has 3 aromatic rings. The molecule has 3 aromatic carbocycles. The molecule has 0 fully saturated rings. The van der Waals surface area contributed by atoms with Crippen molar-refractivity contribution in [1.82, 2.24) is 0 Å². The summed E-state index contributed by atoms with van der Waals surface area (Å²) in [4.78, 5) is 26.8. The summed E-state index contributed by atoms with van der Waals surface area (Å²) in [6.07, 6.45) is 0. The molecule has 1 heterocycles. The molecule has 0 radical (unpaired) electrons. The summed E-state index contributed by atoms with van der Waals surface area (Å²) in [7, 11) is 1.69. The van der Waals surface area contributed by atoms with Gasteiger partial charge in [-0.2, -0.15) is 0 Å². The second-order valence-electron chi connectivity index (χ2n) is 6.11. The fraction of sp³-hybridized carbons (Fsp3) is 0.0476. The van der Waals surface area contributed by atoms with Gasteiger partial charge in [-0.3, -0.25) is 9.59 Å². The second-order valence-corrected chi connectivity index (χ2v) is 7.03. The minimum absolute atomic E-state index is 0.167. The maximum atomic E-state index is 12.7. The van der Waals surface area contributed by atoms with Crippen LogP contribution in [0.5, 0.6) is 11.5 Å². The molecule has 0 aliphatic carbocycles. The molecular formula is C21H15BrN2O3. The summed E-state index contributed by atoms with van der Waals surface area (Å²) in [5.74, 6) is 0.665. The highest BCUT2D eigenvalue weighted by Gasteiger charge is 2.25. The molecular weight excluding hydrogens is 408 g/mol. The summed E-state index contributed by atoms with van der Waals surface area (Å²) in [5, 5.41) is 2.86. The molecule has 6 heteroatoms. The van der Waals surface area contributed by atoms with Crippen LogP contribution in [0.15, 0.2) is 71.2 Å². The smallest absolute Gasteiger partial charge is 0.261 e. The molecule has 0 bridgehead atoms. The first kappa shape index (κ1) is 17.3. The third kappa shape index (κ3) is 3.31. The Morgan fingerprint density at radius 3 is 2.63 bits per heavy atom. The molecule has 1 aliphatic rings. The molecule has 0 atom stereocenters. The van der Waals surface area contributed by atoms with E-state index in [1.54, 1.807) is 61.6 Å². The number of nitrogens with zero attached hydrogens (tertiary/aromatic N) is 1. The van der Waals surface area contributed by atoms with E-state index in [1.807, 2.05) is 12.1 Å². The van der Waals surface area contributed by atoms with E-state index in [-0.39, 0.29) is 11.8 Å². The first-order chi connectivity index (χ1) is 13.0. The lowest BCUT2D eigenvalue weighted by Crippen LogP contribution is -2.25. The van der Waals surface area contributed by atoms with Crippen LogP contribution in [0.4, 0.5) is 11.4 Å². The second kappa shape index (κ2) is 6.89. The van der Waals surface area contributed by atoms with Crippen molar-refractivity contribution < 1.29 is 14.3 Å². The molecule has 1 N–H and O–H groups in total. The van der Waals surface area contributed by atoms with Crippen molar-refractivity contribution in [2.24, 2.45) is 0 Å². The first-order valence-corrected chi connectivity index (χ1v) is 9.08. The van der Waals surface area contributed by atoms with Gasteiger partial charge in [-0.25, -0.2) is 0 Å². The number of carbonyl (C=O) groups excluding carboxylic acids is 2. The van der Waals surface area contributed by atoms with E-state index in [0.717, 1.165) is 4.47 Å². The van der Waals surface area contributed by atoms with Gasteiger partial charge in [-0.05, 0) is 48.5 Å². The summed E-state index contributed by atoms with van der Waals surface area (Å²) < 4.78 is 6.75. The predicted octanol–water partition coefficient (Wildman–Crippen LogP) is 5.08. The molecule has 0 saturated heterocycles.